The van der Waals surface area contributed by atoms with Crippen LogP contribution >= 0.6 is 11.3 Å². The summed E-state index contributed by atoms with van der Waals surface area (Å²) < 4.78 is 7.53. The van der Waals surface area contributed by atoms with Gasteiger partial charge in [0.05, 0.1) is 18.8 Å². The number of aromatic nitrogens is 2. The largest absolute Gasteiger partial charge is 0.390 e. The fourth-order valence-electron chi connectivity index (χ4n) is 2.88. The molecule has 3 heterocycles. The molecule has 0 unspecified atom stereocenters. The standard InChI is InChI=1S/C16H23N3O2S/c20-14(11-19-7-3-6-17-19)10-18(12-15-4-1-8-21-15)13-16-5-2-9-22-16/h2-3,5-7,9,14-15,20H,1,4,8,10-13H2/t14-,15+/m1/s1. The van der Waals surface area contributed by atoms with Gasteiger partial charge in [0.25, 0.3) is 0 Å². The summed E-state index contributed by atoms with van der Waals surface area (Å²) in [4.78, 5) is 3.62. The van der Waals surface area contributed by atoms with Crippen LogP contribution in [0, 0.1) is 0 Å². The lowest BCUT2D eigenvalue weighted by Crippen LogP contribution is -2.38. The molecule has 2 aromatic heterocycles. The zero-order valence-electron chi connectivity index (χ0n) is 12.7. The van der Waals surface area contributed by atoms with Crippen LogP contribution in [0.4, 0.5) is 0 Å². The van der Waals surface area contributed by atoms with Crippen molar-refractivity contribution in [3.63, 3.8) is 0 Å². The molecule has 3 rings (SSSR count). The minimum Gasteiger partial charge on any atom is -0.390 e. The molecule has 22 heavy (non-hydrogen) atoms. The smallest absolute Gasteiger partial charge is 0.0862 e. The van der Waals surface area contributed by atoms with Gasteiger partial charge in [-0.3, -0.25) is 9.58 Å². The van der Waals surface area contributed by atoms with Crippen molar-refractivity contribution < 1.29 is 9.84 Å². The van der Waals surface area contributed by atoms with E-state index in [1.807, 2.05) is 12.3 Å². The highest BCUT2D eigenvalue weighted by Gasteiger charge is 2.21. The molecule has 1 aliphatic rings. The Kier molecular flexibility index (Phi) is 5.61. The Morgan fingerprint density at radius 3 is 3.14 bits per heavy atom. The summed E-state index contributed by atoms with van der Waals surface area (Å²) in [6.07, 6.45) is 5.76. The maximum Gasteiger partial charge on any atom is 0.0862 e. The minimum atomic E-state index is -0.429. The Morgan fingerprint density at radius 1 is 1.50 bits per heavy atom. The van der Waals surface area contributed by atoms with Crippen LogP contribution in [0.2, 0.25) is 0 Å². The number of nitrogens with zero attached hydrogens (tertiary/aromatic N) is 3. The highest BCUT2D eigenvalue weighted by Crippen LogP contribution is 2.17. The third-order valence-corrected chi connectivity index (χ3v) is 4.73. The van der Waals surface area contributed by atoms with Gasteiger partial charge < -0.3 is 9.84 Å². The molecule has 1 aliphatic heterocycles. The van der Waals surface area contributed by atoms with Gasteiger partial charge >= 0.3 is 0 Å². The van der Waals surface area contributed by atoms with E-state index in [1.165, 1.54) is 4.88 Å². The molecule has 2 atom stereocenters. The highest BCUT2D eigenvalue weighted by molar-refractivity contribution is 7.09. The van der Waals surface area contributed by atoms with E-state index < -0.39 is 6.10 Å². The van der Waals surface area contributed by atoms with Crippen molar-refractivity contribution in [3.8, 4) is 0 Å². The first-order valence-electron chi connectivity index (χ1n) is 7.81. The number of hydrogen-bond donors (Lipinski definition) is 1. The van der Waals surface area contributed by atoms with Crippen LogP contribution in [0.3, 0.4) is 0 Å². The Hall–Kier alpha value is -1.21. The lowest BCUT2D eigenvalue weighted by atomic mass is 10.2. The van der Waals surface area contributed by atoms with E-state index in [-0.39, 0.29) is 0 Å². The maximum absolute atomic E-state index is 10.4. The summed E-state index contributed by atoms with van der Waals surface area (Å²) in [5.41, 5.74) is 0. The van der Waals surface area contributed by atoms with Crippen LogP contribution in [0.15, 0.2) is 36.0 Å². The molecular formula is C16H23N3O2S. The Labute approximate surface area is 135 Å². The van der Waals surface area contributed by atoms with Crippen molar-refractivity contribution in [1.82, 2.24) is 14.7 Å². The van der Waals surface area contributed by atoms with Gasteiger partial charge in [0.2, 0.25) is 0 Å². The van der Waals surface area contributed by atoms with Crippen molar-refractivity contribution in [2.75, 3.05) is 19.7 Å². The van der Waals surface area contributed by atoms with Gasteiger partial charge in [0, 0.05) is 43.5 Å². The average molecular weight is 321 g/mol. The molecular weight excluding hydrogens is 298 g/mol. The predicted molar refractivity (Wildman–Crippen MR) is 86.8 cm³/mol. The lowest BCUT2D eigenvalue weighted by Gasteiger charge is -2.27. The fraction of sp³-hybridized carbons (Fsp3) is 0.562. The zero-order chi connectivity index (χ0) is 15.2. The molecule has 0 saturated carbocycles. The molecule has 5 nitrogen and oxygen atoms in total. The van der Waals surface area contributed by atoms with Crippen LogP contribution in [0.1, 0.15) is 17.7 Å². The number of hydrogen-bond acceptors (Lipinski definition) is 5. The predicted octanol–water partition coefficient (Wildman–Crippen LogP) is 1.99. The molecule has 0 amide bonds. The van der Waals surface area contributed by atoms with Gasteiger partial charge in [-0.05, 0) is 30.4 Å². The molecule has 1 saturated heterocycles. The topological polar surface area (TPSA) is 50.5 Å². The van der Waals surface area contributed by atoms with E-state index >= 15 is 0 Å². The Balaban J connectivity index is 1.56. The Morgan fingerprint density at radius 2 is 2.45 bits per heavy atom. The zero-order valence-corrected chi connectivity index (χ0v) is 13.5. The molecule has 0 aliphatic carbocycles. The molecule has 1 fully saturated rings. The molecule has 0 aromatic carbocycles. The van der Waals surface area contributed by atoms with E-state index in [9.17, 15) is 5.11 Å². The monoisotopic (exact) mass is 321 g/mol. The summed E-state index contributed by atoms with van der Waals surface area (Å²) in [7, 11) is 0. The summed E-state index contributed by atoms with van der Waals surface area (Å²) in [6.45, 7) is 3.78. The Bertz CT molecular complexity index is 524. The van der Waals surface area contributed by atoms with Gasteiger partial charge in [0.1, 0.15) is 0 Å². The number of rotatable bonds is 8. The first-order valence-corrected chi connectivity index (χ1v) is 8.69. The van der Waals surface area contributed by atoms with E-state index in [2.05, 4.69) is 27.5 Å². The second-order valence-corrected chi connectivity index (χ2v) is 6.82. The van der Waals surface area contributed by atoms with Crippen LogP contribution in [-0.2, 0) is 17.8 Å². The number of aliphatic hydroxyl groups excluding tert-OH is 1. The average Bonchev–Trinajstić information content (AvgIpc) is 3.20. The van der Waals surface area contributed by atoms with Gasteiger partial charge in [-0.2, -0.15) is 5.10 Å². The van der Waals surface area contributed by atoms with Crippen LogP contribution < -0.4 is 0 Å². The molecule has 0 radical (unpaired) electrons. The first kappa shape index (κ1) is 15.7. The van der Waals surface area contributed by atoms with Crippen molar-refractivity contribution in [2.24, 2.45) is 0 Å². The summed E-state index contributed by atoms with van der Waals surface area (Å²) >= 11 is 1.76. The van der Waals surface area contributed by atoms with Crippen molar-refractivity contribution in [3.05, 3.63) is 40.8 Å². The number of thiophene rings is 1. The third kappa shape index (κ3) is 4.64. The van der Waals surface area contributed by atoms with Gasteiger partial charge in [-0.25, -0.2) is 0 Å². The number of ether oxygens (including phenoxy) is 1. The summed E-state index contributed by atoms with van der Waals surface area (Å²) in [6, 6.07) is 6.10. The fourth-order valence-corrected chi connectivity index (χ4v) is 3.63. The van der Waals surface area contributed by atoms with Gasteiger partial charge in [-0.1, -0.05) is 6.07 Å². The van der Waals surface area contributed by atoms with Gasteiger partial charge in [0.15, 0.2) is 0 Å². The number of aliphatic hydroxyl groups is 1. The second-order valence-electron chi connectivity index (χ2n) is 5.79. The molecule has 0 spiro atoms. The third-order valence-electron chi connectivity index (χ3n) is 3.87. The van der Waals surface area contributed by atoms with Gasteiger partial charge in [-0.15, -0.1) is 11.3 Å². The van der Waals surface area contributed by atoms with Crippen molar-refractivity contribution >= 4 is 11.3 Å². The highest BCUT2D eigenvalue weighted by atomic mass is 32.1. The second kappa shape index (κ2) is 7.87. The molecule has 1 N–H and O–H groups in total. The normalized spacial score (nSPS) is 19.8. The van der Waals surface area contributed by atoms with Crippen LogP contribution in [0.25, 0.3) is 0 Å². The molecule has 6 heteroatoms. The lowest BCUT2D eigenvalue weighted by molar-refractivity contribution is 0.0414. The van der Waals surface area contributed by atoms with Crippen molar-refractivity contribution in [2.45, 2.75) is 38.1 Å². The minimum absolute atomic E-state index is 0.303. The van der Waals surface area contributed by atoms with Crippen molar-refractivity contribution in [1.29, 1.82) is 0 Å². The summed E-state index contributed by atoms with van der Waals surface area (Å²) in [5.74, 6) is 0. The summed E-state index contributed by atoms with van der Waals surface area (Å²) in [5, 5.41) is 16.6. The van der Waals surface area contributed by atoms with E-state index in [0.29, 0.717) is 19.2 Å². The van der Waals surface area contributed by atoms with E-state index in [4.69, 9.17) is 4.74 Å². The molecule has 2 aromatic rings. The molecule has 0 bridgehead atoms. The van der Waals surface area contributed by atoms with Crippen LogP contribution in [-0.4, -0.2) is 51.7 Å². The first-order chi connectivity index (χ1) is 10.8. The SMILES string of the molecule is O[C@H](CN(Cc1cccs1)C[C@@H]1CCCO1)Cn1cccn1. The molecule has 120 valence electrons. The maximum atomic E-state index is 10.4. The van der Waals surface area contributed by atoms with E-state index in [0.717, 1.165) is 32.5 Å². The quantitative estimate of drug-likeness (QED) is 0.808. The van der Waals surface area contributed by atoms with Crippen LogP contribution in [0.5, 0.6) is 0 Å². The van der Waals surface area contributed by atoms with E-state index in [1.54, 1.807) is 22.2 Å².